The Kier molecular flexibility index (Phi) is 9.07. The normalized spacial score (nSPS) is 14.3. The van der Waals surface area contributed by atoms with Crippen LogP contribution < -0.4 is 14.9 Å². The van der Waals surface area contributed by atoms with Gasteiger partial charge in [0.2, 0.25) is 0 Å². The Morgan fingerprint density at radius 2 is 1.78 bits per heavy atom. The summed E-state index contributed by atoms with van der Waals surface area (Å²) in [5.41, 5.74) is 5.81. The molecule has 0 aromatic heterocycles. The molecule has 10 heteroatoms. The average Bonchev–Trinajstić information content (AvgIpc) is 3.12. The second kappa shape index (κ2) is 12.3. The van der Waals surface area contributed by atoms with Gasteiger partial charge in [-0.1, -0.05) is 57.5 Å². The molecule has 0 spiro atoms. The van der Waals surface area contributed by atoms with Gasteiger partial charge >= 0.3 is 0 Å². The second-order valence-electron chi connectivity index (χ2n) is 8.00. The van der Waals surface area contributed by atoms with Crippen molar-refractivity contribution in [2.45, 2.75) is 20.5 Å². The molecule has 4 rings (SSSR count). The zero-order valence-corrected chi connectivity index (χ0v) is 24.7. The number of ether oxygens (including phenoxy) is 2. The fourth-order valence-corrected chi connectivity index (χ4v) is 5.41. The molecule has 3 aromatic carbocycles. The van der Waals surface area contributed by atoms with E-state index in [1.807, 2.05) is 62.4 Å². The number of thioether (sulfide) groups is 1. The minimum atomic E-state index is -0.411. The molecule has 1 heterocycles. The number of halogens is 2. The summed E-state index contributed by atoms with van der Waals surface area (Å²) in [6.07, 6.45) is 1.71. The van der Waals surface area contributed by atoms with E-state index in [1.54, 1.807) is 18.2 Å². The summed E-state index contributed by atoms with van der Waals surface area (Å²) in [4.78, 5) is 26.0. The number of carbonyl (C=O) groups is 2. The van der Waals surface area contributed by atoms with E-state index in [4.69, 9.17) is 21.7 Å². The predicted molar refractivity (Wildman–Crippen MR) is 157 cm³/mol. The van der Waals surface area contributed by atoms with E-state index in [1.165, 1.54) is 0 Å². The van der Waals surface area contributed by atoms with E-state index in [2.05, 4.69) is 37.3 Å². The SMILES string of the molecule is CCOc1cc(/C=C2/SC(=S)N(NC(=O)c3ccc(C)cc3)C2=O)cc(Br)c1OCc1ccc(Br)cc1. The lowest BCUT2D eigenvalue weighted by Crippen LogP contribution is -2.44. The first-order valence-corrected chi connectivity index (χ1v) is 14.1. The molecule has 1 N–H and O–H groups in total. The van der Waals surface area contributed by atoms with Gasteiger partial charge in [-0.25, -0.2) is 0 Å². The molecule has 1 aliphatic heterocycles. The Morgan fingerprint density at radius 1 is 1.08 bits per heavy atom. The van der Waals surface area contributed by atoms with Gasteiger partial charge in [0.25, 0.3) is 11.8 Å². The molecule has 2 amide bonds. The van der Waals surface area contributed by atoms with Gasteiger partial charge in [-0.05, 0) is 95.6 Å². The lowest BCUT2D eigenvalue weighted by atomic mass is 10.1. The first kappa shape index (κ1) is 27.4. The fourth-order valence-electron chi connectivity index (χ4n) is 3.40. The van der Waals surface area contributed by atoms with Crippen molar-refractivity contribution in [1.82, 2.24) is 10.4 Å². The average molecular weight is 662 g/mol. The van der Waals surface area contributed by atoms with Crippen LogP contribution in [0, 0.1) is 6.92 Å². The molecule has 6 nitrogen and oxygen atoms in total. The molecule has 190 valence electrons. The van der Waals surface area contributed by atoms with Crippen molar-refractivity contribution in [2.75, 3.05) is 6.61 Å². The Labute approximate surface area is 241 Å². The molecule has 1 aliphatic rings. The highest BCUT2D eigenvalue weighted by molar-refractivity contribution is 9.10. The lowest BCUT2D eigenvalue weighted by Gasteiger charge is -2.16. The summed E-state index contributed by atoms with van der Waals surface area (Å²) < 4.78 is 13.8. The van der Waals surface area contributed by atoms with Gasteiger partial charge in [-0.15, -0.1) is 0 Å². The number of hydrogen-bond acceptors (Lipinski definition) is 6. The van der Waals surface area contributed by atoms with E-state index < -0.39 is 11.8 Å². The molecule has 0 bridgehead atoms. The number of thiocarbonyl (C=S) groups is 1. The lowest BCUT2D eigenvalue weighted by molar-refractivity contribution is -0.123. The third-order valence-corrected chi connectivity index (χ3v) is 7.67. The number of hydrogen-bond donors (Lipinski definition) is 1. The summed E-state index contributed by atoms with van der Waals surface area (Å²) in [5, 5.41) is 1.10. The zero-order valence-electron chi connectivity index (χ0n) is 19.9. The van der Waals surface area contributed by atoms with Crippen LogP contribution in [0.25, 0.3) is 6.08 Å². The minimum absolute atomic E-state index is 0.246. The molecular weight excluding hydrogens is 640 g/mol. The van der Waals surface area contributed by atoms with Crippen molar-refractivity contribution >= 4 is 78.1 Å². The van der Waals surface area contributed by atoms with Crippen molar-refractivity contribution < 1.29 is 19.1 Å². The predicted octanol–water partition coefficient (Wildman–Crippen LogP) is 7.04. The molecule has 3 aromatic rings. The van der Waals surface area contributed by atoms with E-state index >= 15 is 0 Å². The summed E-state index contributed by atoms with van der Waals surface area (Å²) >= 11 is 13.5. The molecule has 0 aliphatic carbocycles. The maximum absolute atomic E-state index is 13.1. The molecule has 1 saturated heterocycles. The molecule has 0 radical (unpaired) electrons. The topological polar surface area (TPSA) is 67.9 Å². The molecular formula is C27H22Br2N2O4S2. The van der Waals surface area contributed by atoms with Crippen molar-refractivity contribution in [1.29, 1.82) is 0 Å². The summed E-state index contributed by atoms with van der Waals surface area (Å²) in [6.45, 7) is 4.63. The highest BCUT2D eigenvalue weighted by Crippen LogP contribution is 2.39. The largest absolute Gasteiger partial charge is 0.490 e. The Balaban J connectivity index is 1.52. The maximum Gasteiger partial charge on any atom is 0.285 e. The maximum atomic E-state index is 13.1. The number of nitrogens with one attached hydrogen (secondary N) is 1. The van der Waals surface area contributed by atoms with E-state index in [0.717, 1.165) is 37.9 Å². The number of aryl methyl sites for hydroxylation is 1. The van der Waals surface area contributed by atoms with Crippen LogP contribution in [0.1, 0.15) is 34.0 Å². The number of rotatable bonds is 8. The number of benzene rings is 3. The van der Waals surface area contributed by atoms with E-state index in [0.29, 0.717) is 39.7 Å². The van der Waals surface area contributed by atoms with Crippen molar-refractivity contribution in [3.63, 3.8) is 0 Å². The van der Waals surface area contributed by atoms with Crippen molar-refractivity contribution in [3.8, 4) is 11.5 Å². The smallest absolute Gasteiger partial charge is 0.285 e. The van der Waals surface area contributed by atoms with E-state index in [9.17, 15) is 9.59 Å². The zero-order chi connectivity index (χ0) is 26.5. The van der Waals surface area contributed by atoms with E-state index in [-0.39, 0.29) is 4.32 Å². The Morgan fingerprint density at radius 3 is 2.46 bits per heavy atom. The fraction of sp³-hybridized carbons (Fsp3) is 0.148. The molecule has 1 fully saturated rings. The van der Waals surface area contributed by atoms with Gasteiger partial charge in [-0.3, -0.25) is 15.0 Å². The summed E-state index contributed by atoms with van der Waals surface area (Å²) in [5.74, 6) is 0.300. The van der Waals surface area contributed by atoms with Gasteiger partial charge in [0, 0.05) is 10.0 Å². The van der Waals surface area contributed by atoms with Crippen LogP contribution in [0.4, 0.5) is 0 Å². The van der Waals surface area contributed by atoms with Gasteiger partial charge in [0.05, 0.1) is 16.0 Å². The third kappa shape index (κ3) is 6.81. The minimum Gasteiger partial charge on any atom is -0.490 e. The standard InChI is InChI=1S/C27H22Br2N2O4S2/c1-3-34-22-13-18(12-21(29)24(22)35-15-17-6-10-20(28)11-7-17)14-23-26(33)31(27(36)37-23)30-25(32)19-8-4-16(2)5-9-19/h4-14H,3,15H2,1-2H3,(H,30,32)/b23-14+. The Bertz CT molecular complexity index is 1380. The number of hydrazine groups is 1. The molecule has 0 atom stereocenters. The third-order valence-electron chi connectivity index (χ3n) is 5.25. The van der Waals surface area contributed by atoms with Crippen molar-refractivity contribution in [2.24, 2.45) is 0 Å². The highest BCUT2D eigenvalue weighted by atomic mass is 79.9. The number of carbonyl (C=O) groups excluding carboxylic acids is 2. The monoisotopic (exact) mass is 660 g/mol. The van der Waals surface area contributed by atoms with Crippen LogP contribution in [0.5, 0.6) is 11.5 Å². The van der Waals surface area contributed by atoms with Gasteiger partial charge in [0.15, 0.2) is 15.8 Å². The quantitative estimate of drug-likeness (QED) is 0.206. The first-order chi connectivity index (χ1) is 17.7. The highest BCUT2D eigenvalue weighted by Gasteiger charge is 2.34. The summed E-state index contributed by atoms with van der Waals surface area (Å²) in [7, 11) is 0. The van der Waals surface area contributed by atoms with Crippen LogP contribution in [-0.4, -0.2) is 27.8 Å². The van der Waals surface area contributed by atoms with Gasteiger partial charge in [-0.2, -0.15) is 5.01 Å². The van der Waals surface area contributed by atoms with Crippen LogP contribution in [-0.2, 0) is 11.4 Å². The second-order valence-corrected chi connectivity index (χ2v) is 11.4. The van der Waals surface area contributed by atoms with Crippen LogP contribution >= 0.6 is 55.8 Å². The molecule has 37 heavy (non-hydrogen) atoms. The number of nitrogens with zero attached hydrogens (tertiary/aromatic N) is 1. The van der Waals surface area contributed by atoms with Crippen LogP contribution in [0.15, 0.2) is 74.5 Å². The summed E-state index contributed by atoms with van der Waals surface area (Å²) in [6, 6.07) is 18.6. The number of amides is 2. The van der Waals surface area contributed by atoms with Gasteiger partial charge in [0.1, 0.15) is 6.61 Å². The van der Waals surface area contributed by atoms with Crippen LogP contribution in [0.3, 0.4) is 0 Å². The van der Waals surface area contributed by atoms with Crippen molar-refractivity contribution in [3.05, 3.63) is 96.8 Å². The van der Waals surface area contributed by atoms with Crippen LogP contribution in [0.2, 0.25) is 0 Å². The molecule has 0 saturated carbocycles. The first-order valence-electron chi connectivity index (χ1n) is 11.2. The Hall–Kier alpha value is -2.66. The molecule has 0 unspecified atom stereocenters. The van der Waals surface area contributed by atoms with Gasteiger partial charge < -0.3 is 9.47 Å².